The first-order chi connectivity index (χ1) is 11.2. The van der Waals surface area contributed by atoms with E-state index in [1.165, 1.54) is 16.7 Å². The fraction of sp³-hybridized carbons (Fsp3) is 0.474. The number of piperidine rings is 1. The summed E-state index contributed by atoms with van der Waals surface area (Å²) < 4.78 is 17.7. The van der Waals surface area contributed by atoms with Crippen molar-refractivity contribution in [1.29, 1.82) is 0 Å². The number of hydrogen-bond acceptors (Lipinski definition) is 4. The molecule has 1 saturated heterocycles. The van der Waals surface area contributed by atoms with Crippen LogP contribution in [0.5, 0.6) is 11.5 Å². The summed E-state index contributed by atoms with van der Waals surface area (Å²) in [5.41, 5.74) is 4.15. The lowest BCUT2D eigenvalue weighted by Gasteiger charge is -2.52. The molecule has 120 valence electrons. The maximum absolute atomic E-state index is 6.46. The Morgan fingerprint density at radius 1 is 1.22 bits per heavy atom. The first-order valence-corrected chi connectivity index (χ1v) is 8.24. The van der Waals surface area contributed by atoms with Gasteiger partial charge in [0.1, 0.15) is 5.76 Å². The van der Waals surface area contributed by atoms with Crippen molar-refractivity contribution in [3.63, 3.8) is 0 Å². The fourth-order valence-electron chi connectivity index (χ4n) is 5.10. The molecule has 5 rings (SSSR count). The highest BCUT2D eigenvalue weighted by atomic mass is 16.6. The fourth-order valence-corrected chi connectivity index (χ4v) is 5.10. The monoisotopic (exact) mass is 311 g/mol. The summed E-state index contributed by atoms with van der Waals surface area (Å²) in [5, 5.41) is 0. The first kappa shape index (κ1) is 13.5. The largest absolute Gasteiger partial charge is 0.497 e. The van der Waals surface area contributed by atoms with Gasteiger partial charge >= 0.3 is 0 Å². The maximum atomic E-state index is 6.46. The molecular weight excluding hydrogens is 290 g/mol. The summed E-state index contributed by atoms with van der Waals surface area (Å²) in [6.45, 7) is 1.08. The van der Waals surface area contributed by atoms with Gasteiger partial charge in [0.15, 0.2) is 17.6 Å². The molecule has 2 aliphatic carbocycles. The smallest absolute Gasteiger partial charge is 0.169 e. The van der Waals surface area contributed by atoms with E-state index in [2.05, 4.69) is 30.2 Å². The second kappa shape index (κ2) is 4.32. The Morgan fingerprint density at radius 3 is 2.87 bits per heavy atom. The minimum Gasteiger partial charge on any atom is -0.497 e. The third-order valence-corrected chi connectivity index (χ3v) is 6.16. The van der Waals surface area contributed by atoms with Crippen LogP contribution in [0.1, 0.15) is 17.5 Å². The molecule has 1 spiro atoms. The number of benzene rings is 1. The highest BCUT2D eigenvalue weighted by Gasteiger charge is 2.61. The maximum Gasteiger partial charge on any atom is 0.169 e. The Kier molecular flexibility index (Phi) is 2.54. The molecule has 2 bridgehead atoms. The summed E-state index contributed by atoms with van der Waals surface area (Å²) in [5.74, 6) is 2.68. The molecule has 3 atom stereocenters. The van der Waals surface area contributed by atoms with Crippen molar-refractivity contribution in [2.75, 3.05) is 27.8 Å². The van der Waals surface area contributed by atoms with Crippen LogP contribution < -0.4 is 9.47 Å². The van der Waals surface area contributed by atoms with Gasteiger partial charge in [-0.25, -0.2) is 0 Å². The predicted molar refractivity (Wildman–Crippen MR) is 87.0 cm³/mol. The summed E-state index contributed by atoms with van der Waals surface area (Å²) >= 11 is 0. The summed E-state index contributed by atoms with van der Waals surface area (Å²) in [4.78, 5) is 2.48. The Balaban J connectivity index is 1.84. The van der Waals surface area contributed by atoms with Crippen molar-refractivity contribution < 1.29 is 14.2 Å². The van der Waals surface area contributed by atoms with E-state index in [-0.39, 0.29) is 11.5 Å². The van der Waals surface area contributed by atoms with Gasteiger partial charge in [-0.1, -0.05) is 12.1 Å². The number of hydrogen-bond donors (Lipinski definition) is 0. The number of allylic oxidation sites excluding steroid dienone is 2. The highest BCUT2D eigenvalue weighted by molar-refractivity contribution is 5.67. The molecule has 1 aromatic rings. The summed E-state index contributed by atoms with van der Waals surface area (Å²) in [6, 6.07) is 4.72. The van der Waals surface area contributed by atoms with Crippen molar-refractivity contribution in [2.24, 2.45) is 0 Å². The number of nitrogens with zero attached hydrogens (tertiary/aromatic N) is 1. The summed E-state index contributed by atoms with van der Waals surface area (Å²) in [7, 11) is 5.68. The Morgan fingerprint density at radius 2 is 2.09 bits per heavy atom. The van der Waals surface area contributed by atoms with Gasteiger partial charge in [0, 0.05) is 11.6 Å². The molecular formula is C19H21NO3. The van der Waals surface area contributed by atoms with Crippen molar-refractivity contribution in [3.8, 4) is 11.5 Å². The molecule has 0 aromatic heterocycles. The zero-order chi connectivity index (χ0) is 15.8. The highest BCUT2D eigenvalue weighted by Crippen LogP contribution is 2.62. The van der Waals surface area contributed by atoms with E-state index in [9.17, 15) is 0 Å². The van der Waals surface area contributed by atoms with Gasteiger partial charge in [-0.2, -0.15) is 0 Å². The van der Waals surface area contributed by atoms with Gasteiger partial charge in [0.25, 0.3) is 0 Å². The molecule has 0 saturated carbocycles. The zero-order valence-electron chi connectivity index (χ0n) is 13.8. The number of ether oxygens (including phenoxy) is 3. The normalized spacial score (nSPS) is 33.3. The lowest BCUT2D eigenvalue weighted by molar-refractivity contribution is 0.0734. The molecule has 4 aliphatic rings. The SMILES string of the molecule is COC1=CC=C2[C@H]3Cc4ccc(OC)c5c4C2(CCN3C)[C@H]1O5. The molecule has 23 heavy (non-hydrogen) atoms. The average molecular weight is 311 g/mol. The molecule has 1 fully saturated rings. The third kappa shape index (κ3) is 1.41. The van der Waals surface area contributed by atoms with Crippen LogP contribution in [-0.2, 0) is 16.6 Å². The molecule has 1 unspecified atom stereocenters. The van der Waals surface area contributed by atoms with Crippen LogP contribution in [0, 0.1) is 0 Å². The molecule has 2 aliphatic heterocycles. The molecule has 0 N–H and O–H groups in total. The molecule has 4 heteroatoms. The first-order valence-electron chi connectivity index (χ1n) is 8.24. The number of likely N-dealkylation sites (tertiary alicyclic amines) is 1. The van der Waals surface area contributed by atoms with Crippen LogP contribution in [-0.4, -0.2) is 44.9 Å². The van der Waals surface area contributed by atoms with E-state index in [4.69, 9.17) is 14.2 Å². The minimum absolute atomic E-state index is 0.0611. The van der Waals surface area contributed by atoms with E-state index >= 15 is 0 Å². The van der Waals surface area contributed by atoms with Gasteiger partial charge in [0.05, 0.1) is 19.6 Å². The molecule has 1 aromatic carbocycles. The summed E-state index contributed by atoms with van der Waals surface area (Å²) in [6.07, 6.45) is 6.41. The third-order valence-electron chi connectivity index (χ3n) is 6.16. The molecule has 4 nitrogen and oxygen atoms in total. The van der Waals surface area contributed by atoms with Crippen LogP contribution in [0.25, 0.3) is 0 Å². The lowest BCUT2D eigenvalue weighted by Crippen LogP contribution is -2.58. The van der Waals surface area contributed by atoms with Gasteiger partial charge < -0.3 is 14.2 Å². The number of methoxy groups -OCH3 is 2. The van der Waals surface area contributed by atoms with E-state index in [1.54, 1.807) is 14.2 Å². The number of likely N-dealkylation sites (N-methyl/N-ethyl adjacent to an activating group) is 1. The van der Waals surface area contributed by atoms with Crippen molar-refractivity contribution >= 4 is 0 Å². The molecule has 0 radical (unpaired) electrons. The van der Waals surface area contributed by atoms with Crippen molar-refractivity contribution in [2.45, 2.75) is 30.4 Å². The van der Waals surface area contributed by atoms with Crippen LogP contribution in [0.3, 0.4) is 0 Å². The van der Waals surface area contributed by atoms with E-state index < -0.39 is 0 Å². The topological polar surface area (TPSA) is 30.9 Å². The Hall–Kier alpha value is -1.94. The number of rotatable bonds is 2. The van der Waals surface area contributed by atoms with Gasteiger partial charge in [-0.15, -0.1) is 0 Å². The second-order valence-corrected chi connectivity index (χ2v) is 6.95. The zero-order valence-corrected chi connectivity index (χ0v) is 13.8. The van der Waals surface area contributed by atoms with Gasteiger partial charge in [-0.3, -0.25) is 4.90 Å². The van der Waals surface area contributed by atoms with Crippen molar-refractivity contribution in [3.05, 3.63) is 46.7 Å². The molecule has 2 heterocycles. The lowest BCUT2D eigenvalue weighted by atomic mass is 9.57. The van der Waals surface area contributed by atoms with Gasteiger partial charge in [0.2, 0.25) is 0 Å². The van der Waals surface area contributed by atoms with Crippen LogP contribution in [0.4, 0.5) is 0 Å². The minimum atomic E-state index is -0.0747. The van der Waals surface area contributed by atoms with Crippen LogP contribution in [0.2, 0.25) is 0 Å². The van der Waals surface area contributed by atoms with Gasteiger partial charge in [-0.05, 0) is 49.7 Å². The van der Waals surface area contributed by atoms with Crippen LogP contribution in [0.15, 0.2) is 35.6 Å². The van der Waals surface area contributed by atoms with Crippen molar-refractivity contribution in [1.82, 2.24) is 4.90 Å². The van der Waals surface area contributed by atoms with E-state index in [1.807, 2.05) is 6.07 Å². The van der Waals surface area contributed by atoms with E-state index in [0.717, 1.165) is 36.6 Å². The Labute approximate surface area is 136 Å². The second-order valence-electron chi connectivity index (χ2n) is 6.95. The Bertz CT molecular complexity index is 766. The van der Waals surface area contributed by atoms with E-state index in [0.29, 0.717) is 6.04 Å². The predicted octanol–water partition coefficient (Wildman–Crippen LogP) is 2.42. The quantitative estimate of drug-likeness (QED) is 0.839. The average Bonchev–Trinajstić information content (AvgIpc) is 2.92. The standard InChI is InChI=1S/C19H21NO3/c1-20-9-8-19-12-5-7-15(22-3)18(19)23-17-14(21-2)6-4-11(16(17)19)10-13(12)20/h4-7,13,18H,8-10H2,1-3H3/t13-,18+,19?/m1/s1. The molecule has 0 amide bonds. The van der Waals surface area contributed by atoms with Crippen LogP contribution >= 0.6 is 0 Å².